The van der Waals surface area contributed by atoms with Crippen LogP contribution in [-0.2, 0) is 26.0 Å². The van der Waals surface area contributed by atoms with Gasteiger partial charge in [0, 0.05) is 13.1 Å². The van der Waals surface area contributed by atoms with Crippen LogP contribution in [0.4, 0.5) is 0 Å². The number of amides is 2. The molecule has 10 nitrogen and oxygen atoms in total. The summed E-state index contributed by atoms with van der Waals surface area (Å²) in [6.45, 7) is 10.9. The van der Waals surface area contributed by atoms with Gasteiger partial charge in [0.05, 0.1) is 30.2 Å². The highest BCUT2D eigenvalue weighted by atomic mass is 32.2. The van der Waals surface area contributed by atoms with Crippen LogP contribution in [0.2, 0.25) is 0 Å². The topological polar surface area (TPSA) is 137 Å². The molecule has 11 heteroatoms. The molecule has 0 aromatic heterocycles. The van der Waals surface area contributed by atoms with Crippen LogP contribution in [0.15, 0.2) is 59.5 Å². The van der Waals surface area contributed by atoms with E-state index in [-0.39, 0.29) is 36.2 Å². The minimum absolute atomic E-state index is 0.0259. The van der Waals surface area contributed by atoms with Crippen molar-refractivity contribution in [2.45, 2.75) is 77.1 Å². The summed E-state index contributed by atoms with van der Waals surface area (Å²) in [6, 6.07) is 13.2. The molecule has 0 saturated heterocycles. The summed E-state index contributed by atoms with van der Waals surface area (Å²) in [7, 11) is -0.817. The lowest BCUT2D eigenvalue weighted by atomic mass is 9.85. The molecule has 42 heavy (non-hydrogen) atoms. The Morgan fingerprint density at radius 1 is 0.929 bits per heavy atom. The Hall–Kier alpha value is -2.99. The van der Waals surface area contributed by atoms with Gasteiger partial charge in [-0.25, -0.2) is 8.42 Å². The van der Waals surface area contributed by atoms with Crippen molar-refractivity contribution in [3.63, 3.8) is 0 Å². The third-order valence-corrected chi connectivity index (χ3v) is 8.83. The fourth-order valence-corrected chi connectivity index (χ4v) is 6.02. The minimum Gasteiger partial charge on any atom is -0.497 e. The van der Waals surface area contributed by atoms with Crippen molar-refractivity contribution in [3.05, 3.63) is 60.2 Å². The van der Waals surface area contributed by atoms with Crippen LogP contribution in [0.1, 0.15) is 47.1 Å². The molecule has 0 aliphatic carbocycles. The smallest absolute Gasteiger partial charge is 0.243 e. The number of aliphatic hydroxyl groups excluding tert-OH is 1. The maximum absolute atomic E-state index is 13.7. The van der Waals surface area contributed by atoms with Crippen molar-refractivity contribution >= 4 is 21.8 Å². The number of carbonyl (C=O) groups excluding carboxylic acids is 2. The molecule has 234 valence electrons. The Morgan fingerprint density at radius 2 is 1.52 bits per heavy atom. The van der Waals surface area contributed by atoms with Gasteiger partial charge in [0.25, 0.3) is 0 Å². The lowest BCUT2D eigenvalue weighted by molar-refractivity contribution is -0.133. The summed E-state index contributed by atoms with van der Waals surface area (Å²) in [6.07, 6.45) is -1.00. The summed E-state index contributed by atoms with van der Waals surface area (Å²) in [5, 5.41) is 20.2. The van der Waals surface area contributed by atoms with Crippen LogP contribution in [0.3, 0.4) is 0 Å². The van der Waals surface area contributed by atoms with E-state index in [4.69, 9.17) is 4.74 Å². The summed E-state index contributed by atoms with van der Waals surface area (Å²) >= 11 is 0. The van der Waals surface area contributed by atoms with Gasteiger partial charge in [-0.2, -0.15) is 4.31 Å². The van der Waals surface area contributed by atoms with Crippen molar-refractivity contribution in [3.8, 4) is 5.75 Å². The van der Waals surface area contributed by atoms with Gasteiger partial charge in [0.1, 0.15) is 11.8 Å². The Labute approximate surface area is 251 Å². The number of rotatable bonds is 15. The van der Waals surface area contributed by atoms with Gasteiger partial charge in [-0.05, 0) is 61.6 Å². The van der Waals surface area contributed by atoms with Crippen LogP contribution >= 0.6 is 0 Å². The standard InChI is InChI=1S/C31H48N4O6S/c1-21(2)19-35(42(39,40)25-16-14-24(41-8)15-17-25)20-27(36)26(18-23-12-10-9-11-13-23)33-30(38)28(31(4,5)6)34-29(37)22(3)32-7/h9-17,21-22,26-28,32,36H,18-20H2,1-8H3,(H,33,38)(H,34,37)/t22?,26-,27?,28+/m0/s1. The van der Waals surface area contributed by atoms with Gasteiger partial charge in [0.2, 0.25) is 21.8 Å². The lowest BCUT2D eigenvalue weighted by Crippen LogP contribution is -2.60. The predicted octanol–water partition coefficient (Wildman–Crippen LogP) is 2.57. The van der Waals surface area contributed by atoms with Gasteiger partial charge < -0.3 is 25.8 Å². The molecule has 4 atom stereocenters. The van der Waals surface area contributed by atoms with E-state index in [1.54, 1.807) is 26.1 Å². The zero-order chi connectivity index (χ0) is 31.7. The van der Waals surface area contributed by atoms with Crippen molar-refractivity contribution < 1.29 is 27.9 Å². The maximum Gasteiger partial charge on any atom is 0.243 e. The number of hydrogen-bond donors (Lipinski definition) is 4. The molecule has 2 rings (SSSR count). The Kier molecular flexibility index (Phi) is 13.0. The molecule has 2 aromatic carbocycles. The highest BCUT2D eigenvalue weighted by Crippen LogP contribution is 2.23. The van der Waals surface area contributed by atoms with Crippen LogP contribution in [0.5, 0.6) is 5.75 Å². The highest BCUT2D eigenvalue weighted by Gasteiger charge is 2.37. The van der Waals surface area contributed by atoms with E-state index < -0.39 is 45.6 Å². The van der Waals surface area contributed by atoms with Crippen LogP contribution in [-0.4, -0.2) is 81.1 Å². The van der Waals surface area contributed by atoms with Crippen molar-refractivity contribution in [1.29, 1.82) is 0 Å². The van der Waals surface area contributed by atoms with E-state index in [1.165, 1.54) is 23.5 Å². The van der Waals surface area contributed by atoms with E-state index in [2.05, 4.69) is 16.0 Å². The molecule has 4 N–H and O–H groups in total. The molecule has 2 unspecified atom stereocenters. The van der Waals surface area contributed by atoms with E-state index in [0.29, 0.717) is 5.75 Å². The summed E-state index contributed by atoms with van der Waals surface area (Å²) in [4.78, 5) is 26.5. The molecule has 0 heterocycles. The number of nitrogens with zero attached hydrogens (tertiary/aromatic N) is 1. The van der Waals surface area contributed by atoms with Crippen LogP contribution in [0, 0.1) is 11.3 Å². The molecule has 0 radical (unpaired) electrons. The molecule has 0 fully saturated rings. The average Bonchev–Trinajstić information content (AvgIpc) is 2.94. The number of aliphatic hydroxyl groups is 1. The number of benzene rings is 2. The zero-order valence-corrected chi connectivity index (χ0v) is 26.9. The summed E-state index contributed by atoms with van der Waals surface area (Å²) in [5.74, 6) is -0.296. The lowest BCUT2D eigenvalue weighted by Gasteiger charge is -2.35. The SMILES string of the molecule is CNC(C)C(=O)N[C@H](C(=O)N[C@@H](Cc1ccccc1)C(O)CN(CC(C)C)S(=O)(=O)c1ccc(OC)cc1)C(C)(C)C. The second kappa shape index (κ2) is 15.5. The fraction of sp³-hybridized carbons (Fsp3) is 0.548. The first kappa shape index (κ1) is 35.2. The summed E-state index contributed by atoms with van der Waals surface area (Å²) in [5.41, 5.74) is 0.215. The van der Waals surface area contributed by atoms with Gasteiger partial charge in [-0.1, -0.05) is 65.0 Å². The summed E-state index contributed by atoms with van der Waals surface area (Å²) < 4.78 is 33.8. The van der Waals surface area contributed by atoms with Crippen molar-refractivity contribution in [2.24, 2.45) is 11.3 Å². The number of methoxy groups -OCH3 is 1. The van der Waals surface area contributed by atoms with E-state index in [9.17, 15) is 23.1 Å². The number of nitrogens with one attached hydrogen (secondary N) is 3. The van der Waals surface area contributed by atoms with Crippen LogP contribution in [0.25, 0.3) is 0 Å². The second-order valence-corrected chi connectivity index (χ2v) is 14.0. The van der Waals surface area contributed by atoms with E-state index in [1.807, 2.05) is 65.0 Å². The Bertz CT molecular complexity index is 1250. The Morgan fingerprint density at radius 3 is 2.02 bits per heavy atom. The predicted molar refractivity (Wildman–Crippen MR) is 165 cm³/mol. The van der Waals surface area contributed by atoms with Gasteiger partial charge >= 0.3 is 0 Å². The normalized spacial score (nSPS) is 15.1. The molecule has 0 saturated carbocycles. The molecule has 0 bridgehead atoms. The number of likely N-dealkylation sites (N-methyl/N-ethyl adjacent to an activating group) is 1. The first-order chi connectivity index (χ1) is 19.6. The number of sulfonamides is 1. The maximum atomic E-state index is 13.7. The first-order valence-electron chi connectivity index (χ1n) is 14.2. The molecule has 2 aromatic rings. The first-order valence-corrected chi connectivity index (χ1v) is 15.7. The number of ether oxygens (including phenoxy) is 1. The molecular formula is C31H48N4O6S. The third kappa shape index (κ3) is 10.1. The molecular weight excluding hydrogens is 556 g/mol. The van der Waals surface area contributed by atoms with Gasteiger partial charge in [0.15, 0.2) is 0 Å². The minimum atomic E-state index is -3.98. The average molecular weight is 605 g/mol. The number of carbonyl (C=O) groups is 2. The number of hydrogen-bond acceptors (Lipinski definition) is 7. The Balaban J connectivity index is 2.41. The third-order valence-electron chi connectivity index (χ3n) is 6.99. The quantitative estimate of drug-likeness (QED) is 0.245. The molecule has 0 aliphatic rings. The monoisotopic (exact) mass is 604 g/mol. The second-order valence-electron chi connectivity index (χ2n) is 12.1. The van der Waals surface area contributed by atoms with Crippen molar-refractivity contribution in [1.82, 2.24) is 20.3 Å². The van der Waals surface area contributed by atoms with Gasteiger partial charge in [-0.3, -0.25) is 9.59 Å². The highest BCUT2D eigenvalue weighted by molar-refractivity contribution is 7.89. The van der Waals surface area contributed by atoms with E-state index >= 15 is 0 Å². The molecule has 2 amide bonds. The van der Waals surface area contributed by atoms with E-state index in [0.717, 1.165) is 5.56 Å². The largest absolute Gasteiger partial charge is 0.497 e. The molecule has 0 aliphatic heterocycles. The van der Waals surface area contributed by atoms with Crippen molar-refractivity contribution in [2.75, 3.05) is 27.2 Å². The zero-order valence-electron chi connectivity index (χ0n) is 26.0. The molecule has 0 spiro atoms. The van der Waals surface area contributed by atoms with Crippen LogP contribution < -0.4 is 20.7 Å². The fourth-order valence-electron chi connectivity index (χ4n) is 4.40. The van der Waals surface area contributed by atoms with Gasteiger partial charge in [-0.15, -0.1) is 0 Å².